The minimum Gasteiger partial charge on any atom is -0.356 e. The molecule has 4 aromatic rings. The van der Waals surface area contributed by atoms with Gasteiger partial charge in [-0.1, -0.05) is 36.4 Å². The lowest BCUT2D eigenvalue weighted by atomic mass is 10.1. The lowest BCUT2D eigenvalue weighted by molar-refractivity contribution is -0.118. The van der Waals surface area contributed by atoms with Gasteiger partial charge in [0, 0.05) is 30.0 Å². The van der Waals surface area contributed by atoms with Gasteiger partial charge >= 0.3 is 0 Å². The molecule has 32 heavy (non-hydrogen) atoms. The predicted octanol–water partition coefficient (Wildman–Crippen LogP) is 3.83. The Hall–Kier alpha value is -3.65. The summed E-state index contributed by atoms with van der Waals surface area (Å²) in [6.45, 7) is 1.86. The Kier molecular flexibility index (Phi) is 6.23. The van der Waals surface area contributed by atoms with Crippen LogP contribution in [0.1, 0.15) is 22.8 Å². The van der Waals surface area contributed by atoms with Gasteiger partial charge in [-0.15, -0.1) is 11.3 Å². The molecule has 1 N–H and O–H groups in total. The first-order chi connectivity index (χ1) is 15.4. The molecule has 2 heterocycles. The van der Waals surface area contributed by atoms with E-state index in [0.717, 1.165) is 11.1 Å². The minimum absolute atomic E-state index is 0.0824. The number of ketones is 1. The van der Waals surface area contributed by atoms with Gasteiger partial charge < -0.3 is 5.32 Å². The van der Waals surface area contributed by atoms with E-state index in [-0.39, 0.29) is 29.6 Å². The highest BCUT2D eigenvalue weighted by Gasteiger charge is 2.15. The molecular formula is C24H20FN3O3S. The Labute approximate surface area is 187 Å². The second-order valence-electron chi connectivity index (χ2n) is 7.37. The van der Waals surface area contributed by atoms with Crippen LogP contribution in [0.25, 0.3) is 21.3 Å². The molecule has 0 bridgehead atoms. The molecule has 0 spiro atoms. The number of rotatable bonds is 7. The van der Waals surface area contributed by atoms with Gasteiger partial charge in [0.2, 0.25) is 5.91 Å². The zero-order valence-electron chi connectivity index (χ0n) is 17.3. The summed E-state index contributed by atoms with van der Waals surface area (Å²) in [4.78, 5) is 41.7. The molecule has 162 valence electrons. The molecule has 0 aliphatic heterocycles. The van der Waals surface area contributed by atoms with Crippen LogP contribution in [-0.4, -0.2) is 27.8 Å². The van der Waals surface area contributed by atoms with E-state index < -0.39 is 0 Å². The topological polar surface area (TPSA) is 81.1 Å². The van der Waals surface area contributed by atoms with Crippen molar-refractivity contribution >= 4 is 33.2 Å². The van der Waals surface area contributed by atoms with Crippen molar-refractivity contribution in [1.82, 2.24) is 14.9 Å². The number of benzene rings is 2. The van der Waals surface area contributed by atoms with Crippen LogP contribution in [0.5, 0.6) is 0 Å². The number of fused-ring (bicyclic) bond motifs is 1. The number of hydrogen-bond donors (Lipinski definition) is 1. The van der Waals surface area contributed by atoms with E-state index in [4.69, 9.17) is 0 Å². The van der Waals surface area contributed by atoms with E-state index in [2.05, 4.69) is 10.3 Å². The van der Waals surface area contributed by atoms with Gasteiger partial charge in [0.15, 0.2) is 5.78 Å². The predicted molar refractivity (Wildman–Crippen MR) is 122 cm³/mol. The van der Waals surface area contributed by atoms with Crippen molar-refractivity contribution in [3.05, 3.63) is 87.5 Å². The quantitative estimate of drug-likeness (QED) is 0.435. The Morgan fingerprint density at radius 1 is 1.09 bits per heavy atom. The standard InChI is InChI=1S/C24H20FN3O3S/c1-15(29)26-11-10-16-2-4-18(5-3-16)21(30)12-28-14-27-23-22(24(28)31)20(13-32-23)17-6-8-19(25)9-7-17/h2-9,13-14H,10-12H2,1H3,(H,26,29). The van der Waals surface area contributed by atoms with Crippen LogP contribution in [0, 0.1) is 5.82 Å². The molecule has 6 nitrogen and oxygen atoms in total. The summed E-state index contributed by atoms with van der Waals surface area (Å²) in [5, 5.41) is 4.97. The van der Waals surface area contributed by atoms with Gasteiger partial charge in [-0.3, -0.25) is 19.0 Å². The Morgan fingerprint density at radius 3 is 2.50 bits per heavy atom. The van der Waals surface area contributed by atoms with E-state index >= 15 is 0 Å². The molecule has 0 radical (unpaired) electrons. The average molecular weight is 450 g/mol. The molecule has 0 saturated carbocycles. The highest BCUT2D eigenvalue weighted by Crippen LogP contribution is 2.30. The van der Waals surface area contributed by atoms with Gasteiger partial charge in [0.05, 0.1) is 18.3 Å². The summed E-state index contributed by atoms with van der Waals surface area (Å²) >= 11 is 1.33. The monoisotopic (exact) mass is 449 g/mol. The van der Waals surface area contributed by atoms with Crippen molar-refractivity contribution in [3.8, 4) is 11.1 Å². The summed E-state index contributed by atoms with van der Waals surface area (Å²) < 4.78 is 14.6. The van der Waals surface area contributed by atoms with Crippen LogP contribution in [-0.2, 0) is 17.8 Å². The second-order valence-corrected chi connectivity index (χ2v) is 8.23. The molecule has 0 aliphatic rings. The maximum Gasteiger partial charge on any atom is 0.263 e. The van der Waals surface area contributed by atoms with Gasteiger partial charge in [-0.05, 0) is 29.7 Å². The molecule has 0 unspecified atom stereocenters. The molecule has 0 saturated heterocycles. The van der Waals surface area contributed by atoms with Gasteiger partial charge in [-0.2, -0.15) is 0 Å². The van der Waals surface area contributed by atoms with E-state index in [1.165, 1.54) is 41.3 Å². The molecule has 0 aliphatic carbocycles. The van der Waals surface area contributed by atoms with Gasteiger partial charge in [0.1, 0.15) is 10.6 Å². The third-order valence-electron chi connectivity index (χ3n) is 5.09. The van der Waals surface area contributed by atoms with Crippen molar-refractivity contribution in [2.75, 3.05) is 6.54 Å². The molecule has 4 rings (SSSR count). The first-order valence-electron chi connectivity index (χ1n) is 10.0. The van der Waals surface area contributed by atoms with E-state index in [1.54, 1.807) is 24.3 Å². The molecule has 2 aromatic carbocycles. The molecule has 1 amide bonds. The van der Waals surface area contributed by atoms with Crippen LogP contribution in [0.2, 0.25) is 0 Å². The molecule has 0 atom stereocenters. The van der Waals surface area contributed by atoms with Crippen LogP contribution >= 0.6 is 11.3 Å². The maximum absolute atomic E-state index is 13.3. The fourth-order valence-corrected chi connectivity index (χ4v) is 4.31. The van der Waals surface area contributed by atoms with Crippen LogP contribution < -0.4 is 10.9 Å². The fourth-order valence-electron chi connectivity index (χ4n) is 3.41. The van der Waals surface area contributed by atoms with E-state index in [0.29, 0.717) is 34.3 Å². The maximum atomic E-state index is 13.3. The Bertz CT molecular complexity index is 1340. The number of hydrogen-bond acceptors (Lipinski definition) is 5. The lowest BCUT2D eigenvalue weighted by Gasteiger charge is -2.07. The number of Topliss-reactive ketones (excluding diaryl/α,β-unsaturated/α-hetero) is 1. The van der Waals surface area contributed by atoms with Crippen LogP contribution in [0.3, 0.4) is 0 Å². The zero-order valence-corrected chi connectivity index (χ0v) is 18.1. The summed E-state index contributed by atoms with van der Waals surface area (Å²) in [6.07, 6.45) is 2.05. The Morgan fingerprint density at radius 2 is 1.81 bits per heavy atom. The van der Waals surface area contributed by atoms with Crippen LogP contribution in [0.15, 0.2) is 65.0 Å². The normalized spacial score (nSPS) is 10.9. The van der Waals surface area contributed by atoms with E-state index in [9.17, 15) is 18.8 Å². The number of amides is 1. The second kappa shape index (κ2) is 9.23. The van der Waals surface area contributed by atoms with Crippen molar-refractivity contribution in [3.63, 3.8) is 0 Å². The third-order valence-corrected chi connectivity index (χ3v) is 5.98. The summed E-state index contributed by atoms with van der Waals surface area (Å²) in [6, 6.07) is 13.0. The van der Waals surface area contributed by atoms with Crippen molar-refractivity contribution in [2.45, 2.75) is 19.9 Å². The third kappa shape index (κ3) is 4.65. The first kappa shape index (κ1) is 21.6. The number of nitrogens with zero attached hydrogens (tertiary/aromatic N) is 2. The van der Waals surface area contributed by atoms with E-state index in [1.807, 2.05) is 17.5 Å². The number of thiophene rings is 1. The van der Waals surface area contributed by atoms with Gasteiger partial charge in [-0.25, -0.2) is 9.37 Å². The molecule has 2 aromatic heterocycles. The summed E-state index contributed by atoms with van der Waals surface area (Å²) in [5.41, 5.74) is 2.57. The number of carbonyl (C=O) groups excluding carboxylic acids is 2. The first-order valence-corrected chi connectivity index (χ1v) is 10.9. The molecule has 0 fully saturated rings. The number of carbonyl (C=O) groups is 2. The van der Waals surface area contributed by atoms with Gasteiger partial charge in [0.25, 0.3) is 5.56 Å². The molecular weight excluding hydrogens is 429 g/mol. The summed E-state index contributed by atoms with van der Waals surface area (Å²) in [5.74, 6) is -0.642. The number of halogens is 1. The molecule has 8 heteroatoms. The number of nitrogens with one attached hydrogen (secondary N) is 1. The lowest BCUT2D eigenvalue weighted by Crippen LogP contribution is -2.24. The van der Waals surface area contributed by atoms with Crippen molar-refractivity contribution in [2.24, 2.45) is 0 Å². The highest BCUT2D eigenvalue weighted by atomic mass is 32.1. The largest absolute Gasteiger partial charge is 0.356 e. The Balaban J connectivity index is 1.55. The smallest absolute Gasteiger partial charge is 0.263 e. The van der Waals surface area contributed by atoms with Crippen LogP contribution in [0.4, 0.5) is 4.39 Å². The minimum atomic E-state index is -0.351. The average Bonchev–Trinajstić information content (AvgIpc) is 3.21. The van der Waals surface area contributed by atoms with Crippen molar-refractivity contribution < 1.29 is 14.0 Å². The zero-order chi connectivity index (χ0) is 22.7. The summed E-state index contributed by atoms with van der Waals surface area (Å²) in [7, 11) is 0. The van der Waals surface area contributed by atoms with Crippen molar-refractivity contribution in [1.29, 1.82) is 0 Å². The fraction of sp³-hybridized carbons (Fsp3) is 0.167. The highest BCUT2D eigenvalue weighted by molar-refractivity contribution is 7.17. The number of aromatic nitrogens is 2. The SMILES string of the molecule is CC(=O)NCCc1ccc(C(=O)Cn2cnc3scc(-c4ccc(F)cc4)c3c2=O)cc1.